The fourth-order valence-electron chi connectivity index (χ4n) is 2.76. The molecule has 0 bridgehead atoms. The number of furan rings is 1. The van der Waals surface area contributed by atoms with E-state index in [0.29, 0.717) is 17.3 Å². The lowest BCUT2D eigenvalue weighted by Crippen LogP contribution is -2.42. The minimum atomic E-state index is -1.34. The molecule has 1 aromatic heterocycles. The van der Waals surface area contributed by atoms with Crippen molar-refractivity contribution in [1.29, 1.82) is 0 Å². The Kier molecular flexibility index (Phi) is 5.88. The summed E-state index contributed by atoms with van der Waals surface area (Å²) in [6.45, 7) is 3.18. The zero-order valence-corrected chi connectivity index (χ0v) is 16.4. The van der Waals surface area contributed by atoms with Crippen molar-refractivity contribution < 1.29 is 33.4 Å². The lowest BCUT2D eigenvalue weighted by Gasteiger charge is -2.19. The third-order valence-corrected chi connectivity index (χ3v) is 5.03. The molecule has 1 aliphatic heterocycles. The molecule has 2 aromatic rings. The second kappa shape index (κ2) is 8.36. The molecule has 150 valence electrons. The van der Waals surface area contributed by atoms with E-state index in [1.165, 1.54) is 19.1 Å². The van der Waals surface area contributed by atoms with Gasteiger partial charge in [0, 0.05) is 17.2 Å². The highest BCUT2D eigenvalue weighted by Gasteiger charge is 2.41. The molecule has 0 saturated carbocycles. The van der Waals surface area contributed by atoms with Crippen molar-refractivity contribution in [3.63, 3.8) is 0 Å². The van der Waals surface area contributed by atoms with Gasteiger partial charge in [0.2, 0.25) is 0 Å². The highest BCUT2D eigenvalue weighted by molar-refractivity contribution is 8.18. The van der Waals surface area contributed by atoms with E-state index in [9.17, 15) is 24.3 Å². The Morgan fingerprint density at radius 3 is 2.66 bits per heavy atom. The molecule has 1 saturated heterocycles. The first-order valence-corrected chi connectivity index (χ1v) is 9.49. The van der Waals surface area contributed by atoms with Crippen molar-refractivity contribution in [2.75, 3.05) is 6.61 Å². The summed E-state index contributed by atoms with van der Waals surface area (Å²) in [5.41, 5.74) is 0.299. The van der Waals surface area contributed by atoms with Gasteiger partial charge in [-0.15, -0.1) is 0 Å². The highest BCUT2D eigenvalue weighted by atomic mass is 32.2. The summed E-state index contributed by atoms with van der Waals surface area (Å²) in [4.78, 5) is 48.8. The van der Waals surface area contributed by atoms with Gasteiger partial charge in [0.15, 0.2) is 0 Å². The fraction of sp³-hybridized carbons (Fsp3) is 0.200. The minimum Gasteiger partial charge on any atom is -0.545 e. The molecule has 8 nitrogen and oxygen atoms in total. The number of carboxylic acids is 1. The van der Waals surface area contributed by atoms with E-state index in [0.717, 1.165) is 4.90 Å². The van der Waals surface area contributed by atoms with Crippen LogP contribution in [-0.2, 0) is 14.3 Å². The number of imide groups is 1. The van der Waals surface area contributed by atoms with E-state index in [2.05, 4.69) is 0 Å². The first-order valence-electron chi connectivity index (χ1n) is 8.67. The van der Waals surface area contributed by atoms with Crippen molar-refractivity contribution >= 4 is 40.9 Å². The lowest BCUT2D eigenvalue weighted by atomic mass is 10.1. The maximum atomic E-state index is 12.6. The third-order valence-electron chi connectivity index (χ3n) is 4.15. The number of thioether (sulfide) groups is 1. The summed E-state index contributed by atoms with van der Waals surface area (Å²) >= 11 is 0.680. The number of rotatable bonds is 6. The summed E-state index contributed by atoms with van der Waals surface area (Å²) < 4.78 is 10.5. The Labute approximate surface area is 170 Å². The predicted octanol–water partition coefficient (Wildman–Crippen LogP) is 2.30. The van der Waals surface area contributed by atoms with Crippen LogP contribution in [0.25, 0.3) is 17.4 Å². The first kappa shape index (κ1) is 20.4. The van der Waals surface area contributed by atoms with Gasteiger partial charge in [0.1, 0.15) is 17.6 Å². The standard InChI is InChI=1S/C20H17NO7S/c1-3-27-19(25)11(2)21-17(22)16(29-20(21)26)10-12-8-9-15(28-12)13-6-4-5-7-14(13)18(23)24/h4-11H,3H2,1-2H3,(H,23,24)/p-1/t11-/m1/s1. The molecule has 29 heavy (non-hydrogen) atoms. The molecule has 0 spiro atoms. The first-order chi connectivity index (χ1) is 13.8. The number of aromatic carboxylic acids is 1. The molecular formula is C20H16NO7S-. The van der Waals surface area contributed by atoms with E-state index >= 15 is 0 Å². The van der Waals surface area contributed by atoms with Gasteiger partial charge in [-0.05, 0) is 37.7 Å². The number of benzene rings is 1. The average Bonchev–Trinajstić information content (AvgIpc) is 3.26. The number of hydrogen-bond donors (Lipinski definition) is 0. The topological polar surface area (TPSA) is 117 Å². The molecule has 2 heterocycles. The van der Waals surface area contributed by atoms with Crippen molar-refractivity contribution in [3.8, 4) is 11.3 Å². The van der Waals surface area contributed by atoms with E-state index in [-0.39, 0.29) is 28.6 Å². The summed E-state index contributed by atoms with van der Waals surface area (Å²) in [6.07, 6.45) is 1.37. The van der Waals surface area contributed by atoms with Gasteiger partial charge in [-0.25, -0.2) is 4.79 Å². The van der Waals surface area contributed by atoms with Crippen LogP contribution >= 0.6 is 11.8 Å². The van der Waals surface area contributed by atoms with Gasteiger partial charge < -0.3 is 19.1 Å². The van der Waals surface area contributed by atoms with Crippen LogP contribution < -0.4 is 5.11 Å². The van der Waals surface area contributed by atoms with Crippen molar-refractivity contribution in [2.24, 2.45) is 0 Å². The van der Waals surface area contributed by atoms with E-state index in [1.54, 1.807) is 37.3 Å². The van der Waals surface area contributed by atoms with Gasteiger partial charge >= 0.3 is 5.97 Å². The number of hydrogen-bond acceptors (Lipinski definition) is 8. The third kappa shape index (κ3) is 4.09. The Hall–Kier alpha value is -3.33. The van der Waals surface area contributed by atoms with Gasteiger partial charge in [-0.1, -0.05) is 24.3 Å². The number of ether oxygens (including phenoxy) is 1. The van der Waals surface area contributed by atoms with E-state index < -0.39 is 29.1 Å². The molecule has 0 unspecified atom stereocenters. The monoisotopic (exact) mass is 414 g/mol. The number of nitrogens with zero attached hydrogens (tertiary/aromatic N) is 1. The van der Waals surface area contributed by atoms with Crippen LogP contribution in [0.1, 0.15) is 30.0 Å². The summed E-state index contributed by atoms with van der Waals surface area (Å²) in [6, 6.07) is 8.25. The lowest BCUT2D eigenvalue weighted by molar-refractivity contribution is -0.255. The molecule has 3 rings (SSSR count). The second-order valence-corrected chi connectivity index (χ2v) is 7.01. The number of carboxylic acid groups (broad SMARTS) is 1. The number of esters is 1. The van der Waals surface area contributed by atoms with Crippen molar-refractivity contribution in [1.82, 2.24) is 4.90 Å². The fourth-order valence-corrected chi connectivity index (χ4v) is 3.65. The molecule has 0 aliphatic carbocycles. The quantitative estimate of drug-likeness (QED) is 0.522. The maximum absolute atomic E-state index is 12.6. The van der Waals surface area contributed by atoms with Crippen LogP contribution in [-0.4, -0.2) is 40.6 Å². The summed E-state index contributed by atoms with van der Waals surface area (Å²) in [7, 11) is 0. The zero-order chi connectivity index (χ0) is 21.1. The number of carbonyl (C=O) groups is 4. The second-order valence-electron chi connectivity index (χ2n) is 6.01. The maximum Gasteiger partial charge on any atom is 0.329 e. The largest absolute Gasteiger partial charge is 0.545 e. The van der Waals surface area contributed by atoms with Crippen LogP contribution in [0, 0.1) is 0 Å². The van der Waals surface area contributed by atoms with Gasteiger partial charge in [-0.2, -0.15) is 0 Å². The molecule has 0 N–H and O–H groups in total. The van der Waals surface area contributed by atoms with Crippen molar-refractivity contribution in [2.45, 2.75) is 19.9 Å². The van der Waals surface area contributed by atoms with Gasteiger partial charge in [0.25, 0.3) is 11.1 Å². The van der Waals surface area contributed by atoms with Crippen LogP contribution in [0.4, 0.5) is 4.79 Å². The van der Waals surface area contributed by atoms with Crippen LogP contribution in [0.2, 0.25) is 0 Å². The molecule has 9 heteroatoms. The number of carbonyl (C=O) groups excluding carboxylic acids is 4. The Morgan fingerprint density at radius 2 is 1.97 bits per heavy atom. The Morgan fingerprint density at radius 1 is 1.24 bits per heavy atom. The van der Waals surface area contributed by atoms with Crippen LogP contribution in [0.3, 0.4) is 0 Å². The normalized spacial score (nSPS) is 16.3. The Bertz CT molecular complexity index is 1020. The van der Waals surface area contributed by atoms with Gasteiger partial charge in [0.05, 0.1) is 17.5 Å². The SMILES string of the molecule is CCOC(=O)[C@@H](C)N1C(=O)SC(=Cc2ccc(-c3ccccc3C(=O)[O-])o2)C1=O. The molecule has 2 amide bonds. The molecule has 1 aromatic carbocycles. The summed E-state index contributed by atoms with van der Waals surface area (Å²) in [5.74, 6) is -2.12. The molecule has 1 fully saturated rings. The van der Waals surface area contributed by atoms with Gasteiger partial charge in [-0.3, -0.25) is 14.5 Å². The van der Waals surface area contributed by atoms with E-state index in [1.807, 2.05) is 0 Å². The Balaban J connectivity index is 1.86. The van der Waals surface area contributed by atoms with Crippen LogP contribution in [0.5, 0.6) is 0 Å². The van der Waals surface area contributed by atoms with Crippen molar-refractivity contribution in [3.05, 3.63) is 52.6 Å². The van der Waals surface area contributed by atoms with E-state index in [4.69, 9.17) is 9.15 Å². The average molecular weight is 414 g/mol. The van der Waals surface area contributed by atoms with Crippen LogP contribution in [0.15, 0.2) is 45.7 Å². The smallest absolute Gasteiger partial charge is 0.329 e. The minimum absolute atomic E-state index is 0.0306. The summed E-state index contributed by atoms with van der Waals surface area (Å²) in [5, 5.41) is 10.7. The molecular weight excluding hydrogens is 398 g/mol. The highest BCUT2D eigenvalue weighted by Crippen LogP contribution is 2.35. The molecule has 0 radical (unpaired) electrons. The zero-order valence-electron chi connectivity index (χ0n) is 15.5. The molecule has 1 aliphatic rings. The predicted molar refractivity (Wildman–Crippen MR) is 102 cm³/mol. The molecule has 1 atom stereocenters. The number of amides is 2.